The molecule has 0 saturated heterocycles. The second-order valence-corrected chi connectivity index (χ2v) is 4.25. The zero-order valence-electron chi connectivity index (χ0n) is 11.0. The highest BCUT2D eigenvalue weighted by molar-refractivity contribution is 5.93. The summed E-state index contributed by atoms with van der Waals surface area (Å²) in [6, 6.07) is 1.51. The van der Waals surface area contributed by atoms with Crippen LogP contribution in [0.25, 0.3) is 0 Å². The van der Waals surface area contributed by atoms with Crippen molar-refractivity contribution in [2.45, 2.75) is 32.8 Å². The molecule has 0 aliphatic rings. The van der Waals surface area contributed by atoms with Gasteiger partial charge < -0.3 is 14.4 Å². The first kappa shape index (κ1) is 14.4. The van der Waals surface area contributed by atoms with Gasteiger partial charge in [0, 0.05) is 25.7 Å². The number of aliphatic hydroxyl groups excluding tert-OH is 1. The number of aromatic nitrogens is 1. The molecule has 1 rings (SSSR count). The molecule has 0 aliphatic carbocycles. The SMILES string of the molecule is CCCCOC(=O)[C@H](O)c1cc(C(C)=O)n(C)c1. The predicted molar refractivity (Wildman–Crippen MR) is 66.2 cm³/mol. The summed E-state index contributed by atoms with van der Waals surface area (Å²) in [5.41, 5.74) is 0.828. The highest BCUT2D eigenvalue weighted by Crippen LogP contribution is 2.18. The highest BCUT2D eigenvalue weighted by atomic mass is 16.5. The standard InChI is InChI=1S/C13H19NO4/c1-4-5-6-18-13(17)12(16)10-7-11(9(2)15)14(3)8-10/h7-8,12,16H,4-6H2,1-3H3/t12-/m1/s1. The number of hydrogen-bond acceptors (Lipinski definition) is 4. The number of hydrogen-bond donors (Lipinski definition) is 1. The minimum absolute atomic E-state index is 0.115. The number of aliphatic hydroxyl groups is 1. The Bertz CT molecular complexity index is 436. The predicted octanol–water partition coefficient (Wildman–Crippen LogP) is 1.60. The van der Waals surface area contributed by atoms with Gasteiger partial charge in [-0.1, -0.05) is 13.3 Å². The van der Waals surface area contributed by atoms with Crippen LogP contribution >= 0.6 is 0 Å². The molecule has 0 saturated carbocycles. The van der Waals surface area contributed by atoms with Crippen molar-refractivity contribution in [3.63, 3.8) is 0 Å². The molecule has 18 heavy (non-hydrogen) atoms. The summed E-state index contributed by atoms with van der Waals surface area (Å²) in [6.45, 7) is 3.73. The van der Waals surface area contributed by atoms with Crippen LogP contribution < -0.4 is 0 Å². The summed E-state index contributed by atoms with van der Waals surface area (Å²) in [6.07, 6.45) is 1.92. The summed E-state index contributed by atoms with van der Waals surface area (Å²) in [7, 11) is 1.69. The quantitative estimate of drug-likeness (QED) is 0.475. The monoisotopic (exact) mass is 253 g/mol. The van der Waals surface area contributed by atoms with E-state index < -0.39 is 12.1 Å². The number of nitrogens with zero attached hydrogens (tertiary/aromatic N) is 1. The van der Waals surface area contributed by atoms with E-state index >= 15 is 0 Å². The van der Waals surface area contributed by atoms with E-state index in [1.54, 1.807) is 17.8 Å². The molecule has 1 heterocycles. The number of ether oxygens (including phenoxy) is 1. The average molecular weight is 253 g/mol. The van der Waals surface area contributed by atoms with E-state index in [1.807, 2.05) is 6.92 Å². The van der Waals surface area contributed by atoms with Gasteiger partial charge >= 0.3 is 5.97 Å². The van der Waals surface area contributed by atoms with Crippen LogP contribution in [0.2, 0.25) is 0 Å². The van der Waals surface area contributed by atoms with Crippen molar-refractivity contribution in [3.8, 4) is 0 Å². The molecule has 0 amide bonds. The smallest absolute Gasteiger partial charge is 0.339 e. The Hall–Kier alpha value is -1.62. The van der Waals surface area contributed by atoms with Gasteiger partial charge in [-0.05, 0) is 12.5 Å². The lowest BCUT2D eigenvalue weighted by Crippen LogP contribution is -2.15. The van der Waals surface area contributed by atoms with E-state index in [9.17, 15) is 14.7 Å². The van der Waals surface area contributed by atoms with Crippen molar-refractivity contribution in [2.24, 2.45) is 7.05 Å². The first-order chi connectivity index (χ1) is 8.47. The van der Waals surface area contributed by atoms with E-state index in [-0.39, 0.29) is 5.78 Å². The molecule has 1 atom stereocenters. The van der Waals surface area contributed by atoms with Crippen molar-refractivity contribution < 1.29 is 19.4 Å². The molecular formula is C13H19NO4. The minimum Gasteiger partial charge on any atom is -0.464 e. The van der Waals surface area contributed by atoms with Gasteiger partial charge in [0.1, 0.15) is 0 Å². The van der Waals surface area contributed by atoms with Gasteiger partial charge in [-0.2, -0.15) is 0 Å². The number of unbranched alkanes of at least 4 members (excludes halogenated alkanes) is 1. The van der Waals surface area contributed by atoms with E-state index in [1.165, 1.54) is 13.0 Å². The van der Waals surface area contributed by atoms with E-state index in [2.05, 4.69) is 0 Å². The topological polar surface area (TPSA) is 68.5 Å². The normalized spacial score (nSPS) is 12.2. The minimum atomic E-state index is -1.33. The van der Waals surface area contributed by atoms with Crippen LogP contribution in [-0.4, -0.2) is 28.0 Å². The summed E-state index contributed by atoms with van der Waals surface area (Å²) >= 11 is 0. The van der Waals surface area contributed by atoms with Gasteiger partial charge in [0.2, 0.25) is 0 Å². The largest absolute Gasteiger partial charge is 0.464 e. The van der Waals surface area contributed by atoms with Crippen LogP contribution in [0.4, 0.5) is 0 Å². The number of esters is 1. The number of ketones is 1. The lowest BCUT2D eigenvalue weighted by molar-refractivity contribution is -0.154. The molecule has 1 N–H and O–H groups in total. The molecule has 1 aromatic rings. The first-order valence-electron chi connectivity index (χ1n) is 5.99. The second kappa shape index (κ2) is 6.35. The molecule has 100 valence electrons. The Balaban J connectivity index is 2.71. The number of aryl methyl sites for hydroxylation is 1. The molecule has 0 fully saturated rings. The zero-order chi connectivity index (χ0) is 13.7. The summed E-state index contributed by atoms with van der Waals surface area (Å²) in [4.78, 5) is 22.8. The third-order valence-corrected chi connectivity index (χ3v) is 2.67. The fourth-order valence-electron chi connectivity index (χ4n) is 1.62. The molecular weight excluding hydrogens is 234 g/mol. The van der Waals surface area contributed by atoms with Crippen LogP contribution in [0.15, 0.2) is 12.3 Å². The van der Waals surface area contributed by atoms with Gasteiger partial charge in [-0.3, -0.25) is 4.79 Å². The lowest BCUT2D eigenvalue weighted by atomic mass is 10.2. The van der Waals surface area contributed by atoms with Crippen molar-refractivity contribution in [2.75, 3.05) is 6.61 Å². The molecule has 0 aromatic carbocycles. The van der Waals surface area contributed by atoms with Crippen molar-refractivity contribution in [1.29, 1.82) is 0 Å². The Morgan fingerprint density at radius 1 is 1.50 bits per heavy atom. The molecule has 0 spiro atoms. The maximum atomic E-state index is 11.5. The Labute approximate surface area is 106 Å². The third-order valence-electron chi connectivity index (χ3n) is 2.67. The van der Waals surface area contributed by atoms with E-state index in [0.29, 0.717) is 17.9 Å². The van der Waals surface area contributed by atoms with Crippen LogP contribution in [0.1, 0.15) is 48.8 Å². The van der Waals surface area contributed by atoms with Crippen LogP contribution in [0, 0.1) is 0 Å². The van der Waals surface area contributed by atoms with E-state index in [4.69, 9.17) is 4.74 Å². The van der Waals surface area contributed by atoms with Gasteiger partial charge in [0.15, 0.2) is 11.9 Å². The molecule has 0 radical (unpaired) electrons. The fraction of sp³-hybridized carbons (Fsp3) is 0.538. The maximum Gasteiger partial charge on any atom is 0.339 e. The van der Waals surface area contributed by atoms with Gasteiger partial charge in [-0.25, -0.2) is 4.79 Å². The molecule has 0 bridgehead atoms. The first-order valence-corrected chi connectivity index (χ1v) is 5.99. The number of carbonyl (C=O) groups is 2. The molecule has 1 aromatic heterocycles. The summed E-state index contributed by atoms with van der Waals surface area (Å²) < 4.78 is 6.51. The molecule has 0 unspecified atom stereocenters. The van der Waals surface area contributed by atoms with E-state index in [0.717, 1.165) is 12.8 Å². The van der Waals surface area contributed by atoms with Crippen LogP contribution in [-0.2, 0) is 16.6 Å². The lowest BCUT2D eigenvalue weighted by Gasteiger charge is -2.08. The molecule has 5 nitrogen and oxygen atoms in total. The Kier molecular flexibility index (Phi) is 5.09. The highest BCUT2D eigenvalue weighted by Gasteiger charge is 2.21. The zero-order valence-corrected chi connectivity index (χ0v) is 11.0. The summed E-state index contributed by atoms with van der Waals surface area (Å²) in [5.74, 6) is -0.792. The van der Waals surface area contributed by atoms with Crippen molar-refractivity contribution in [1.82, 2.24) is 4.57 Å². The van der Waals surface area contributed by atoms with Gasteiger partial charge in [0.25, 0.3) is 0 Å². The third kappa shape index (κ3) is 3.43. The van der Waals surface area contributed by atoms with Crippen LogP contribution in [0.3, 0.4) is 0 Å². The van der Waals surface area contributed by atoms with Crippen LogP contribution in [0.5, 0.6) is 0 Å². The maximum absolute atomic E-state index is 11.5. The number of carbonyl (C=O) groups excluding carboxylic acids is 2. The van der Waals surface area contributed by atoms with Gasteiger partial charge in [0.05, 0.1) is 12.3 Å². The van der Waals surface area contributed by atoms with Crippen molar-refractivity contribution in [3.05, 3.63) is 23.5 Å². The number of Topliss-reactive ketones (excluding diaryl/α,β-unsaturated/α-hetero) is 1. The fourth-order valence-corrected chi connectivity index (χ4v) is 1.62. The Morgan fingerprint density at radius 2 is 2.17 bits per heavy atom. The van der Waals surface area contributed by atoms with Crippen molar-refractivity contribution >= 4 is 11.8 Å². The Morgan fingerprint density at radius 3 is 2.67 bits per heavy atom. The van der Waals surface area contributed by atoms with Gasteiger partial charge in [-0.15, -0.1) is 0 Å². The molecule has 5 heteroatoms. The molecule has 0 aliphatic heterocycles. The average Bonchev–Trinajstić information content (AvgIpc) is 2.70. The number of rotatable bonds is 6. The summed E-state index contributed by atoms with van der Waals surface area (Å²) in [5, 5.41) is 9.81. The second-order valence-electron chi connectivity index (χ2n) is 4.25.